The van der Waals surface area contributed by atoms with Crippen LogP contribution in [0.4, 0.5) is 17.1 Å². The highest BCUT2D eigenvalue weighted by molar-refractivity contribution is 6.00. The molecule has 0 radical (unpaired) electrons. The molecule has 0 N–H and O–H groups in total. The minimum atomic E-state index is 1.09. The predicted molar refractivity (Wildman–Crippen MR) is 251 cm³/mol. The number of rotatable bonds is 9. The van der Waals surface area contributed by atoms with Gasteiger partial charge in [0, 0.05) is 16.9 Å². The first-order valence-corrected chi connectivity index (χ1v) is 20.3. The molecule has 0 aliphatic heterocycles. The molecule has 0 atom stereocenters. The summed E-state index contributed by atoms with van der Waals surface area (Å²) in [6, 6.07) is 89.9. The minimum Gasteiger partial charge on any atom is -0.310 e. The van der Waals surface area contributed by atoms with Gasteiger partial charge in [0.2, 0.25) is 0 Å². The van der Waals surface area contributed by atoms with E-state index >= 15 is 0 Å². The molecule has 0 aromatic heterocycles. The van der Waals surface area contributed by atoms with Crippen LogP contribution in [0.25, 0.3) is 77.5 Å². The van der Waals surface area contributed by atoms with E-state index in [1.54, 1.807) is 0 Å². The summed E-state index contributed by atoms with van der Waals surface area (Å²) in [7, 11) is 0. The third kappa shape index (κ3) is 7.12. The summed E-state index contributed by atoms with van der Waals surface area (Å²) in [5.74, 6) is 0. The average molecular weight is 752 g/mol. The highest BCUT2D eigenvalue weighted by Gasteiger charge is 2.21. The first-order chi connectivity index (χ1) is 29.3. The predicted octanol–water partition coefficient (Wildman–Crippen LogP) is 16.3. The van der Waals surface area contributed by atoms with Gasteiger partial charge in [0.15, 0.2) is 0 Å². The lowest BCUT2D eigenvalue weighted by Crippen LogP contribution is -2.11. The van der Waals surface area contributed by atoms with Crippen LogP contribution >= 0.6 is 0 Å². The van der Waals surface area contributed by atoms with E-state index in [4.69, 9.17) is 0 Å². The number of hydrogen-bond donors (Lipinski definition) is 0. The second kappa shape index (κ2) is 16.0. The van der Waals surface area contributed by atoms with Gasteiger partial charge in [-0.2, -0.15) is 0 Å². The van der Waals surface area contributed by atoms with Gasteiger partial charge in [-0.3, -0.25) is 0 Å². The van der Waals surface area contributed by atoms with Crippen molar-refractivity contribution in [1.29, 1.82) is 0 Å². The molecule has 59 heavy (non-hydrogen) atoms. The lowest BCUT2D eigenvalue weighted by Gasteiger charge is -2.28. The molecule has 0 bridgehead atoms. The highest BCUT2D eigenvalue weighted by Crippen LogP contribution is 2.46. The Morgan fingerprint density at radius 1 is 0.237 bits per heavy atom. The molecule has 0 fully saturated rings. The van der Waals surface area contributed by atoms with Crippen molar-refractivity contribution in [3.8, 4) is 66.8 Å². The molecule has 1 nitrogen and oxygen atoms in total. The number of benzene rings is 10. The first-order valence-electron chi connectivity index (χ1n) is 20.3. The zero-order chi connectivity index (χ0) is 39.4. The number of hydrogen-bond acceptors (Lipinski definition) is 1. The molecule has 0 aliphatic rings. The summed E-state index contributed by atoms with van der Waals surface area (Å²) in [5.41, 5.74) is 17.6. The number of fused-ring (bicyclic) bond motifs is 1. The minimum absolute atomic E-state index is 1.09. The van der Waals surface area contributed by atoms with Crippen molar-refractivity contribution in [2.24, 2.45) is 0 Å². The van der Waals surface area contributed by atoms with Crippen LogP contribution in [0, 0.1) is 0 Å². The van der Waals surface area contributed by atoms with Gasteiger partial charge in [-0.1, -0.05) is 200 Å². The summed E-state index contributed by atoms with van der Waals surface area (Å²) in [4.78, 5) is 2.39. The maximum Gasteiger partial charge on any atom is 0.0540 e. The van der Waals surface area contributed by atoms with Crippen LogP contribution in [0.2, 0.25) is 0 Å². The fourth-order valence-electron chi connectivity index (χ4n) is 8.45. The topological polar surface area (TPSA) is 3.24 Å². The molecule has 1 heteroatoms. The quantitative estimate of drug-likeness (QED) is 0.142. The van der Waals surface area contributed by atoms with Crippen LogP contribution in [0.3, 0.4) is 0 Å². The lowest BCUT2D eigenvalue weighted by atomic mass is 9.84. The Morgan fingerprint density at radius 2 is 0.661 bits per heavy atom. The fraction of sp³-hybridized carbons (Fsp3) is 0. The molecule has 0 heterocycles. The third-order valence-corrected chi connectivity index (χ3v) is 11.3. The first kappa shape index (κ1) is 35.7. The van der Waals surface area contributed by atoms with Gasteiger partial charge in [-0.05, 0) is 121 Å². The van der Waals surface area contributed by atoms with Gasteiger partial charge in [0.05, 0.1) is 5.69 Å². The van der Waals surface area contributed by atoms with Crippen LogP contribution < -0.4 is 4.90 Å². The molecular formula is C58H41N. The van der Waals surface area contributed by atoms with E-state index in [2.05, 4.69) is 254 Å². The average Bonchev–Trinajstić information content (AvgIpc) is 3.33. The summed E-state index contributed by atoms with van der Waals surface area (Å²) < 4.78 is 0. The highest BCUT2D eigenvalue weighted by atomic mass is 15.1. The molecule has 0 aliphatic carbocycles. The van der Waals surface area contributed by atoms with Crippen molar-refractivity contribution in [1.82, 2.24) is 0 Å². The van der Waals surface area contributed by atoms with Crippen LogP contribution in [-0.2, 0) is 0 Å². The number of para-hydroxylation sites is 1. The molecule has 10 aromatic rings. The molecule has 278 valence electrons. The van der Waals surface area contributed by atoms with Crippen molar-refractivity contribution in [2.75, 3.05) is 4.90 Å². The number of nitrogens with zero attached hydrogens (tertiary/aromatic N) is 1. The monoisotopic (exact) mass is 751 g/mol. The van der Waals surface area contributed by atoms with Crippen LogP contribution in [-0.4, -0.2) is 0 Å². The largest absolute Gasteiger partial charge is 0.310 e. The third-order valence-electron chi connectivity index (χ3n) is 11.3. The molecular weight excluding hydrogens is 711 g/mol. The second-order valence-corrected chi connectivity index (χ2v) is 14.9. The molecule has 0 amide bonds. The smallest absolute Gasteiger partial charge is 0.0540 e. The fourth-order valence-corrected chi connectivity index (χ4v) is 8.45. The Bertz CT molecular complexity index is 2930. The Kier molecular flexibility index (Phi) is 9.68. The van der Waals surface area contributed by atoms with Crippen molar-refractivity contribution in [2.45, 2.75) is 0 Å². The Morgan fingerprint density at radius 3 is 1.25 bits per heavy atom. The van der Waals surface area contributed by atoms with Gasteiger partial charge in [0.1, 0.15) is 0 Å². The molecule has 0 saturated carbocycles. The van der Waals surface area contributed by atoms with Crippen molar-refractivity contribution >= 4 is 27.8 Å². The van der Waals surface area contributed by atoms with E-state index in [-0.39, 0.29) is 0 Å². The maximum absolute atomic E-state index is 2.39. The lowest BCUT2D eigenvalue weighted by molar-refractivity contribution is 1.28. The van der Waals surface area contributed by atoms with E-state index < -0.39 is 0 Å². The van der Waals surface area contributed by atoms with Crippen molar-refractivity contribution in [3.63, 3.8) is 0 Å². The SMILES string of the molecule is c1ccc(-c2cc(-c3cc(-c4ccccc4)c(-c4ccccc4)c(-c4ccccc4)c3)ccc2N(c2ccccc2)c2ccc(-c3cccc4ccccc34)cc2)cc1. The summed E-state index contributed by atoms with van der Waals surface area (Å²) in [6.07, 6.45) is 0. The molecule has 10 aromatic carbocycles. The summed E-state index contributed by atoms with van der Waals surface area (Å²) in [5, 5.41) is 2.50. The van der Waals surface area contributed by atoms with E-state index in [0.29, 0.717) is 0 Å². The van der Waals surface area contributed by atoms with Crippen molar-refractivity contribution < 1.29 is 0 Å². The normalized spacial score (nSPS) is 11.1. The van der Waals surface area contributed by atoms with Crippen LogP contribution in [0.1, 0.15) is 0 Å². The zero-order valence-corrected chi connectivity index (χ0v) is 32.6. The molecule has 0 spiro atoms. The van der Waals surface area contributed by atoms with E-state index in [1.807, 2.05) is 0 Å². The van der Waals surface area contributed by atoms with Crippen LogP contribution in [0.15, 0.2) is 249 Å². The van der Waals surface area contributed by atoms with Crippen LogP contribution in [0.5, 0.6) is 0 Å². The van der Waals surface area contributed by atoms with Gasteiger partial charge in [-0.25, -0.2) is 0 Å². The molecule has 10 rings (SSSR count). The van der Waals surface area contributed by atoms with Gasteiger partial charge in [0.25, 0.3) is 0 Å². The van der Waals surface area contributed by atoms with E-state index in [1.165, 1.54) is 55.3 Å². The van der Waals surface area contributed by atoms with Gasteiger partial charge < -0.3 is 4.90 Å². The Balaban J connectivity index is 1.17. The van der Waals surface area contributed by atoms with E-state index in [0.717, 1.165) is 39.3 Å². The summed E-state index contributed by atoms with van der Waals surface area (Å²) in [6.45, 7) is 0. The zero-order valence-electron chi connectivity index (χ0n) is 32.6. The van der Waals surface area contributed by atoms with Crippen molar-refractivity contribution in [3.05, 3.63) is 249 Å². The maximum atomic E-state index is 2.39. The van der Waals surface area contributed by atoms with Gasteiger partial charge >= 0.3 is 0 Å². The molecule has 0 saturated heterocycles. The Hall–Kier alpha value is -7.74. The van der Waals surface area contributed by atoms with E-state index in [9.17, 15) is 0 Å². The van der Waals surface area contributed by atoms with Gasteiger partial charge in [-0.15, -0.1) is 0 Å². The molecule has 0 unspecified atom stereocenters. The Labute approximate surface area is 346 Å². The number of anilines is 3. The summed E-state index contributed by atoms with van der Waals surface area (Å²) >= 11 is 0. The standard InChI is InChI=1S/C58H41N/c1-6-19-43(20-7-1)54-39-48(49-40-55(44-21-8-2-9-22-44)58(47-26-12-4-13-27-47)56(41-49)45-23-10-3-11-24-45)35-38-57(54)59(50-29-14-5-15-30-50)51-36-33-46(34-37-51)53-32-18-28-42-25-16-17-31-52(42)53/h1-41H. The second-order valence-electron chi connectivity index (χ2n) is 14.9.